The van der Waals surface area contributed by atoms with E-state index in [0.29, 0.717) is 18.0 Å². The number of nitrogens with zero attached hydrogens (tertiary/aromatic N) is 1. The van der Waals surface area contributed by atoms with Gasteiger partial charge in [-0.3, -0.25) is 9.10 Å². The van der Waals surface area contributed by atoms with E-state index >= 15 is 0 Å². The second-order valence-corrected chi connectivity index (χ2v) is 8.79. The summed E-state index contributed by atoms with van der Waals surface area (Å²) < 4.78 is 26.6. The average molecular weight is 405 g/mol. The number of allylic oxidation sites excluding steroid dienone is 1. The Hall–Kier alpha value is -2.31. The first-order valence-electron chi connectivity index (χ1n) is 8.68. The number of nitrogens with one attached hydrogen (secondary N) is 1. The lowest BCUT2D eigenvalue weighted by Crippen LogP contribution is -2.36. The minimum Gasteiger partial charge on any atom is -0.351 e. The first kappa shape index (κ1) is 19.5. The number of para-hydroxylation sites is 1. The highest BCUT2D eigenvalue weighted by atomic mass is 35.5. The van der Waals surface area contributed by atoms with E-state index in [1.165, 1.54) is 10.4 Å². The van der Waals surface area contributed by atoms with Crippen molar-refractivity contribution in [2.24, 2.45) is 0 Å². The van der Waals surface area contributed by atoms with E-state index in [4.69, 9.17) is 11.6 Å². The molecular formula is C20H21ClN2O3S. The van der Waals surface area contributed by atoms with Crippen molar-refractivity contribution >= 4 is 38.8 Å². The Morgan fingerprint density at radius 1 is 1.19 bits per heavy atom. The summed E-state index contributed by atoms with van der Waals surface area (Å²) in [5.74, 6) is -0.490. The van der Waals surface area contributed by atoms with E-state index in [1.807, 2.05) is 42.5 Å². The summed E-state index contributed by atoms with van der Waals surface area (Å²) in [4.78, 5) is 12.1. The molecule has 0 atom stereocenters. The lowest BCUT2D eigenvalue weighted by Gasteiger charge is -2.19. The molecule has 1 heterocycles. The molecule has 142 valence electrons. The van der Waals surface area contributed by atoms with Crippen molar-refractivity contribution in [3.8, 4) is 0 Å². The van der Waals surface area contributed by atoms with Gasteiger partial charge in [0.2, 0.25) is 15.9 Å². The predicted octanol–water partition coefficient (Wildman–Crippen LogP) is 3.25. The van der Waals surface area contributed by atoms with Crippen LogP contribution in [-0.4, -0.2) is 33.2 Å². The highest BCUT2D eigenvalue weighted by Crippen LogP contribution is 2.29. The first-order valence-corrected chi connectivity index (χ1v) is 10.7. The highest BCUT2D eigenvalue weighted by molar-refractivity contribution is 7.92. The van der Waals surface area contributed by atoms with Crippen LogP contribution >= 0.6 is 11.6 Å². The Kier molecular flexibility index (Phi) is 5.87. The molecule has 2 aromatic carbocycles. The molecule has 27 heavy (non-hydrogen) atoms. The Balaban J connectivity index is 1.59. The second-order valence-electron chi connectivity index (χ2n) is 6.37. The molecule has 0 saturated carbocycles. The lowest BCUT2D eigenvalue weighted by molar-refractivity contribution is -0.116. The third kappa shape index (κ3) is 4.51. The van der Waals surface area contributed by atoms with Gasteiger partial charge in [0.15, 0.2) is 0 Å². The van der Waals surface area contributed by atoms with Crippen molar-refractivity contribution in [2.45, 2.75) is 13.3 Å². The zero-order valence-electron chi connectivity index (χ0n) is 15.0. The van der Waals surface area contributed by atoms with Crippen LogP contribution < -0.4 is 9.62 Å². The molecule has 1 aliphatic rings. The summed E-state index contributed by atoms with van der Waals surface area (Å²) in [6, 6.07) is 14.7. The Morgan fingerprint density at radius 3 is 2.67 bits per heavy atom. The van der Waals surface area contributed by atoms with E-state index < -0.39 is 10.0 Å². The van der Waals surface area contributed by atoms with Crippen LogP contribution in [0.4, 0.5) is 5.69 Å². The van der Waals surface area contributed by atoms with Gasteiger partial charge < -0.3 is 5.32 Å². The Morgan fingerprint density at radius 2 is 1.89 bits per heavy atom. The summed E-state index contributed by atoms with van der Waals surface area (Å²) in [6.45, 7) is 2.28. The molecule has 0 aromatic heterocycles. The molecule has 1 aliphatic heterocycles. The minimum atomic E-state index is -3.48. The maximum atomic E-state index is 12.6. The SMILES string of the molecule is CC(=CC(=O)NCCS(=O)(=O)N1CCc2ccccc21)c1ccccc1Cl. The molecular weight excluding hydrogens is 384 g/mol. The predicted molar refractivity (Wildman–Crippen MR) is 109 cm³/mol. The molecule has 7 heteroatoms. The molecule has 0 spiro atoms. The van der Waals surface area contributed by atoms with Crippen molar-refractivity contribution in [3.05, 3.63) is 70.8 Å². The number of halogens is 1. The molecule has 0 bridgehead atoms. The van der Waals surface area contributed by atoms with E-state index in [9.17, 15) is 13.2 Å². The molecule has 1 amide bonds. The zero-order chi connectivity index (χ0) is 19.4. The topological polar surface area (TPSA) is 66.5 Å². The highest BCUT2D eigenvalue weighted by Gasteiger charge is 2.28. The molecule has 0 fully saturated rings. The van der Waals surface area contributed by atoms with Gasteiger partial charge in [0.25, 0.3) is 0 Å². The number of rotatable bonds is 6. The van der Waals surface area contributed by atoms with Crippen molar-refractivity contribution in [3.63, 3.8) is 0 Å². The first-order chi connectivity index (χ1) is 12.9. The molecule has 3 rings (SSSR count). The van der Waals surface area contributed by atoms with Crippen LogP contribution in [-0.2, 0) is 21.2 Å². The van der Waals surface area contributed by atoms with Gasteiger partial charge in [-0.25, -0.2) is 8.42 Å². The van der Waals surface area contributed by atoms with Gasteiger partial charge in [0.05, 0.1) is 11.4 Å². The molecule has 0 unspecified atom stereocenters. The summed E-state index contributed by atoms with van der Waals surface area (Å²) in [5.41, 5.74) is 3.26. The largest absolute Gasteiger partial charge is 0.351 e. The number of hydrogen-bond donors (Lipinski definition) is 1. The number of anilines is 1. The van der Waals surface area contributed by atoms with Gasteiger partial charge in [-0.15, -0.1) is 0 Å². The molecule has 1 N–H and O–H groups in total. The van der Waals surface area contributed by atoms with Crippen LogP contribution in [0.2, 0.25) is 5.02 Å². The number of sulfonamides is 1. The standard InChI is InChI=1S/C20H21ClN2O3S/c1-15(17-7-3-4-8-18(17)21)14-20(24)22-11-13-27(25,26)23-12-10-16-6-2-5-9-19(16)23/h2-9,14H,10-13H2,1H3,(H,22,24). The van der Waals surface area contributed by atoms with Crippen molar-refractivity contribution in [1.29, 1.82) is 0 Å². The minimum absolute atomic E-state index is 0.0478. The van der Waals surface area contributed by atoms with Crippen LogP contribution in [0.1, 0.15) is 18.1 Å². The molecule has 0 saturated heterocycles. The summed E-state index contributed by atoms with van der Waals surface area (Å²) >= 11 is 6.12. The number of carbonyl (C=O) groups excluding carboxylic acids is 1. The third-order valence-corrected chi connectivity index (χ3v) is 6.59. The van der Waals surface area contributed by atoms with Gasteiger partial charge in [-0.1, -0.05) is 48.0 Å². The normalized spacial score (nSPS) is 14.1. The lowest BCUT2D eigenvalue weighted by atomic mass is 10.1. The number of carbonyl (C=O) groups is 1. The Bertz CT molecular complexity index is 986. The third-order valence-electron chi connectivity index (χ3n) is 4.49. The monoisotopic (exact) mass is 404 g/mol. The van der Waals surface area contributed by atoms with Gasteiger partial charge in [-0.05, 0) is 42.2 Å². The average Bonchev–Trinajstić information content (AvgIpc) is 3.07. The van der Waals surface area contributed by atoms with E-state index in [0.717, 1.165) is 22.4 Å². The number of hydrogen-bond acceptors (Lipinski definition) is 3. The molecule has 5 nitrogen and oxygen atoms in total. The van der Waals surface area contributed by atoms with Crippen LogP contribution in [0.25, 0.3) is 5.57 Å². The number of benzene rings is 2. The van der Waals surface area contributed by atoms with Crippen LogP contribution in [0.15, 0.2) is 54.6 Å². The van der Waals surface area contributed by atoms with Crippen LogP contribution in [0.5, 0.6) is 0 Å². The quantitative estimate of drug-likeness (QED) is 0.751. The maximum absolute atomic E-state index is 12.6. The fourth-order valence-electron chi connectivity index (χ4n) is 3.12. The van der Waals surface area contributed by atoms with Gasteiger partial charge in [0, 0.05) is 24.2 Å². The number of amides is 1. The van der Waals surface area contributed by atoms with Crippen molar-refractivity contribution < 1.29 is 13.2 Å². The molecule has 0 radical (unpaired) electrons. The smallest absolute Gasteiger partial charge is 0.244 e. The fraction of sp³-hybridized carbons (Fsp3) is 0.250. The second kappa shape index (κ2) is 8.15. The number of fused-ring (bicyclic) bond motifs is 1. The molecule has 0 aliphatic carbocycles. The van der Waals surface area contributed by atoms with E-state index in [2.05, 4.69) is 5.32 Å². The maximum Gasteiger partial charge on any atom is 0.244 e. The molecule has 2 aromatic rings. The van der Waals surface area contributed by atoms with Gasteiger partial charge in [0.1, 0.15) is 0 Å². The van der Waals surface area contributed by atoms with E-state index in [1.54, 1.807) is 13.0 Å². The van der Waals surface area contributed by atoms with Crippen LogP contribution in [0.3, 0.4) is 0 Å². The fourth-order valence-corrected chi connectivity index (χ4v) is 4.83. The van der Waals surface area contributed by atoms with Gasteiger partial charge in [-0.2, -0.15) is 0 Å². The zero-order valence-corrected chi connectivity index (χ0v) is 16.6. The Labute approximate surface area is 164 Å². The van der Waals surface area contributed by atoms with Crippen molar-refractivity contribution in [2.75, 3.05) is 23.1 Å². The summed E-state index contributed by atoms with van der Waals surface area (Å²) in [5, 5.41) is 3.21. The van der Waals surface area contributed by atoms with Gasteiger partial charge >= 0.3 is 0 Å². The van der Waals surface area contributed by atoms with Crippen LogP contribution in [0, 0.1) is 0 Å². The van der Waals surface area contributed by atoms with E-state index in [-0.39, 0.29) is 18.2 Å². The summed E-state index contributed by atoms with van der Waals surface area (Å²) in [7, 11) is -3.48. The summed E-state index contributed by atoms with van der Waals surface area (Å²) in [6.07, 6.45) is 2.14. The van der Waals surface area contributed by atoms with Crippen molar-refractivity contribution in [1.82, 2.24) is 5.32 Å².